The number of alkyl halides is 3. The third kappa shape index (κ3) is 4.63. The second-order valence-electron chi connectivity index (χ2n) is 8.80. The van der Waals surface area contributed by atoms with Crippen molar-refractivity contribution in [2.75, 3.05) is 23.9 Å². The van der Waals surface area contributed by atoms with Gasteiger partial charge in [-0.1, -0.05) is 13.8 Å². The Morgan fingerprint density at radius 2 is 1.97 bits per heavy atom. The van der Waals surface area contributed by atoms with Crippen LogP contribution in [0.1, 0.15) is 38.1 Å². The molecular formula is C22H27F3N6O. The molecule has 172 valence electrons. The molecule has 2 aliphatic rings. The lowest BCUT2D eigenvalue weighted by Crippen LogP contribution is -2.41. The summed E-state index contributed by atoms with van der Waals surface area (Å²) in [6.07, 6.45) is 0.370. The van der Waals surface area contributed by atoms with Gasteiger partial charge in [-0.05, 0) is 43.7 Å². The summed E-state index contributed by atoms with van der Waals surface area (Å²) >= 11 is 0. The average molecular weight is 448 g/mol. The molecule has 2 aromatic heterocycles. The van der Waals surface area contributed by atoms with Crippen LogP contribution < -0.4 is 15.0 Å². The van der Waals surface area contributed by atoms with Crippen molar-refractivity contribution in [1.82, 2.24) is 15.0 Å². The normalized spacial score (nSPS) is 22.5. The number of pyridine rings is 1. The summed E-state index contributed by atoms with van der Waals surface area (Å²) in [5.74, 6) is 2.48. The molecule has 0 aromatic carbocycles. The minimum Gasteiger partial charge on any atom is -0.492 e. The Labute approximate surface area is 185 Å². The van der Waals surface area contributed by atoms with Crippen molar-refractivity contribution in [3.63, 3.8) is 0 Å². The van der Waals surface area contributed by atoms with Gasteiger partial charge in [0.05, 0.1) is 24.5 Å². The smallest absolute Gasteiger partial charge is 0.433 e. The predicted octanol–water partition coefficient (Wildman–Crippen LogP) is 4.65. The molecule has 10 heteroatoms. The van der Waals surface area contributed by atoms with Crippen molar-refractivity contribution in [3.8, 4) is 5.75 Å². The molecule has 4 rings (SSSR count). The van der Waals surface area contributed by atoms with Crippen molar-refractivity contribution in [2.24, 2.45) is 16.8 Å². The van der Waals surface area contributed by atoms with Gasteiger partial charge in [0.2, 0.25) is 5.95 Å². The van der Waals surface area contributed by atoms with E-state index in [1.807, 2.05) is 20.2 Å². The molecule has 0 saturated heterocycles. The maximum Gasteiger partial charge on any atom is 0.433 e. The molecule has 0 unspecified atom stereocenters. The van der Waals surface area contributed by atoms with E-state index in [9.17, 15) is 13.2 Å². The summed E-state index contributed by atoms with van der Waals surface area (Å²) < 4.78 is 43.4. The van der Waals surface area contributed by atoms with E-state index in [4.69, 9.17) is 9.72 Å². The summed E-state index contributed by atoms with van der Waals surface area (Å²) in [5, 5.41) is 3.39. The topological polar surface area (TPSA) is 75.5 Å². The minimum absolute atomic E-state index is 0.189. The zero-order valence-corrected chi connectivity index (χ0v) is 18.5. The van der Waals surface area contributed by atoms with E-state index in [1.165, 1.54) is 6.07 Å². The van der Waals surface area contributed by atoms with Gasteiger partial charge in [-0.3, -0.25) is 4.99 Å². The van der Waals surface area contributed by atoms with Crippen molar-refractivity contribution >= 4 is 23.7 Å². The third-order valence-electron chi connectivity index (χ3n) is 5.94. The highest BCUT2D eigenvalue weighted by Gasteiger charge is 2.33. The molecule has 0 bridgehead atoms. The fraction of sp³-hybridized carbons (Fsp3) is 0.545. The van der Waals surface area contributed by atoms with Gasteiger partial charge in [0.25, 0.3) is 0 Å². The van der Waals surface area contributed by atoms with Crippen LogP contribution >= 0.6 is 0 Å². The standard InChI is InChI=1S/C22H27F3N6O/c1-12(2)17-10-27-19-13(3)28-21(30-20(19)31(17)4)29-15-7-14(8-15)11-32-16-5-6-18(26-9-16)22(23,24)25/h5-6,9-10,12,14-15,17H,7-8,11H2,1-4H3,(H,28,29,30)/t14?,15?,17-/m1/s1. The number of anilines is 2. The summed E-state index contributed by atoms with van der Waals surface area (Å²) in [5.41, 5.74) is 0.714. The van der Waals surface area contributed by atoms with Crippen LogP contribution in [0, 0.1) is 18.8 Å². The molecule has 0 spiro atoms. The molecule has 1 fully saturated rings. The number of aliphatic imine (C=N–C) groups is 1. The number of fused-ring (bicyclic) bond motifs is 1. The van der Waals surface area contributed by atoms with Crippen LogP contribution in [0.3, 0.4) is 0 Å². The van der Waals surface area contributed by atoms with E-state index in [1.54, 1.807) is 0 Å². The highest BCUT2D eigenvalue weighted by Crippen LogP contribution is 2.36. The Kier molecular flexibility index (Phi) is 5.96. The lowest BCUT2D eigenvalue weighted by molar-refractivity contribution is -0.141. The molecule has 32 heavy (non-hydrogen) atoms. The number of ether oxygens (including phenoxy) is 1. The fourth-order valence-electron chi connectivity index (χ4n) is 4.04. The third-order valence-corrected chi connectivity index (χ3v) is 5.94. The monoisotopic (exact) mass is 448 g/mol. The molecule has 3 heterocycles. The maximum absolute atomic E-state index is 12.6. The van der Waals surface area contributed by atoms with Crippen LogP contribution in [0.2, 0.25) is 0 Å². The first kappa shape index (κ1) is 22.3. The van der Waals surface area contributed by atoms with E-state index < -0.39 is 11.9 Å². The largest absolute Gasteiger partial charge is 0.492 e. The molecule has 2 aromatic rings. The number of hydrogen-bond donors (Lipinski definition) is 1. The van der Waals surface area contributed by atoms with E-state index >= 15 is 0 Å². The number of hydrogen-bond acceptors (Lipinski definition) is 7. The molecule has 1 saturated carbocycles. The molecule has 1 atom stereocenters. The molecule has 0 amide bonds. The van der Waals surface area contributed by atoms with Gasteiger partial charge in [0.15, 0.2) is 5.82 Å². The lowest BCUT2D eigenvalue weighted by Gasteiger charge is -2.36. The lowest BCUT2D eigenvalue weighted by atomic mass is 9.81. The van der Waals surface area contributed by atoms with E-state index in [-0.39, 0.29) is 12.1 Å². The average Bonchev–Trinajstić information content (AvgIpc) is 2.69. The zero-order chi connectivity index (χ0) is 23.0. The number of aromatic nitrogens is 3. The zero-order valence-electron chi connectivity index (χ0n) is 18.5. The van der Waals surface area contributed by atoms with Gasteiger partial charge in [0, 0.05) is 19.3 Å². The molecule has 1 N–H and O–H groups in total. The highest BCUT2D eigenvalue weighted by atomic mass is 19.4. The Morgan fingerprint density at radius 3 is 2.59 bits per heavy atom. The van der Waals surface area contributed by atoms with Gasteiger partial charge >= 0.3 is 6.18 Å². The van der Waals surface area contributed by atoms with Crippen molar-refractivity contribution in [3.05, 3.63) is 29.7 Å². The summed E-state index contributed by atoms with van der Waals surface area (Å²) in [6.45, 7) is 6.68. The van der Waals surface area contributed by atoms with Gasteiger partial charge < -0.3 is 15.0 Å². The number of rotatable bonds is 6. The Hall–Kier alpha value is -2.91. The first-order valence-corrected chi connectivity index (χ1v) is 10.7. The Balaban J connectivity index is 1.30. The molecule has 0 radical (unpaired) electrons. The first-order valence-electron chi connectivity index (χ1n) is 10.7. The maximum atomic E-state index is 12.6. The highest BCUT2D eigenvalue weighted by molar-refractivity contribution is 5.83. The summed E-state index contributed by atoms with van der Waals surface area (Å²) in [6, 6.07) is 2.65. The Bertz CT molecular complexity index is 986. The quantitative estimate of drug-likeness (QED) is 0.694. The van der Waals surface area contributed by atoms with E-state index in [0.29, 0.717) is 30.1 Å². The van der Waals surface area contributed by atoms with E-state index in [0.717, 1.165) is 42.3 Å². The SMILES string of the molecule is Cc1nc(NC2CC(COc3ccc(C(F)(F)F)nc3)C2)nc2c1N=C[C@H](C(C)C)N2C. The second kappa shape index (κ2) is 8.55. The van der Waals surface area contributed by atoms with Crippen LogP contribution in [0.4, 0.5) is 30.6 Å². The predicted molar refractivity (Wildman–Crippen MR) is 117 cm³/mol. The fourth-order valence-corrected chi connectivity index (χ4v) is 4.04. The molecule has 7 nitrogen and oxygen atoms in total. The number of nitrogens with zero attached hydrogens (tertiary/aromatic N) is 5. The number of halogens is 3. The van der Waals surface area contributed by atoms with E-state index in [2.05, 4.69) is 39.0 Å². The minimum atomic E-state index is -4.45. The number of aryl methyl sites for hydroxylation is 1. The second-order valence-corrected chi connectivity index (χ2v) is 8.80. The first-order chi connectivity index (χ1) is 15.1. The van der Waals surface area contributed by atoms with Crippen LogP contribution in [0.15, 0.2) is 23.3 Å². The Morgan fingerprint density at radius 1 is 1.22 bits per heavy atom. The van der Waals surface area contributed by atoms with Crippen LogP contribution in [-0.2, 0) is 6.18 Å². The van der Waals surface area contributed by atoms with Crippen LogP contribution in [0.5, 0.6) is 5.75 Å². The van der Waals surface area contributed by atoms with Crippen molar-refractivity contribution in [1.29, 1.82) is 0 Å². The number of nitrogens with one attached hydrogen (secondary N) is 1. The van der Waals surface area contributed by atoms with Crippen LogP contribution in [0.25, 0.3) is 0 Å². The molecular weight excluding hydrogens is 421 g/mol. The molecule has 1 aliphatic heterocycles. The van der Waals surface area contributed by atoms with Gasteiger partial charge in [-0.25, -0.2) is 9.97 Å². The summed E-state index contributed by atoms with van der Waals surface area (Å²) in [4.78, 5) is 19.4. The van der Waals surface area contributed by atoms with Gasteiger partial charge in [0.1, 0.15) is 17.1 Å². The van der Waals surface area contributed by atoms with Crippen molar-refractivity contribution < 1.29 is 17.9 Å². The van der Waals surface area contributed by atoms with Crippen molar-refractivity contribution in [2.45, 2.75) is 51.9 Å². The van der Waals surface area contributed by atoms with Gasteiger partial charge in [-0.2, -0.15) is 18.2 Å². The van der Waals surface area contributed by atoms with Gasteiger partial charge in [-0.15, -0.1) is 0 Å². The van der Waals surface area contributed by atoms with Crippen LogP contribution in [-0.4, -0.2) is 46.9 Å². The molecule has 1 aliphatic carbocycles. The summed E-state index contributed by atoms with van der Waals surface area (Å²) in [7, 11) is 2.03.